The van der Waals surface area contributed by atoms with Crippen LogP contribution < -0.4 is 10.6 Å². The highest BCUT2D eigenvalue weighted by atomic mass is 35.5. The van der Waals surface area contributed by atoms with Crippen LogP contribution in [0.3, 0.4) is 0 Å². The topological polar surface area (TPSA) is 97.4 Å². The summed E-state index contributed by atoms with van der Waals surface area (Å²) in [5, 5.41) is 5.32. The van der Waals surface area contributed by atoms with E-state index in [0.29, 0.717) is 10.6 Å². The number of pyridine rings is 1. The maximum Gasteiger partial charge on any atom is 0.326 e. The second-order valence-electron chi connectivity index (χ2n) is 5.15. The molecule has 1 atom stereocenters. The quantitative estimate of drug-likeness (QED) is 0.732. The van der Waals surface area contributed by atoms with Crippen molar-refractivity contribution >= 4 is 46.8 Å². The van der Waals surface area contributed by atoms with Gasteiger partial charge in [0, 0.05) is 11.8 Å². The van der Waals surface area contributed by atoms with Crippen molar-refractivity contribution in [3.05, 3.63) is 58.2 Å². The Hall–Kier alpha value is -2.64. The molecular formula is C17H15Cl2N3O4. The lowest BCUT2D eigenvalue weighted by molar-refractivity contribution is -0.152. The van der Waals surface area contributed by atoms with E-state index in [9.17, 15) is 14.4 Å². The van der Waals surface area contributed by atoms with Crippen LogP contribution in [-0.4, -0.2) is 35.4 Å². The number of hydrogen-bond acceptors (Lipinski definition) is 5. The van der Waals surface area contributed by atoms with Crippen molar-refractivity contribution < 1.29 is 19.1 Å². The molecule has 1 aromatic carbocycles. The molecule has 2 rings (SSSR count). The second-order valence-corrected chi connectivity index (χ2v) is 6.00. The zero-order valence-corrected chi connectivity index (χ0v) is 15.2. The molecule has 2 N–H and O–H groups in total. The third kappa shape index (κ3) is 5.72. The number of nitrogens with one attached hydrogen (secondary N) is 2. The van der Waals surface area contributed by atoms with Gasteiger partial charge in [-0.3, -0.25) is 14.4 Å². The van der Waals surface area contributed by atoms with Crippen LogP contribution in [0.2, 0.25) is 10.0 Å². The number of carbonyl (C=O) groups excluding carboxylic acids is 3. The smallest absolute Gasteiger partial charge is 0.326 e. The summed E-state index contributed by atoms with van der Waals surface area (Å²) in [6.45, 7) is 1.02. The van der Waals surface area contributed by atoms with Gasteiger partial charge in [-0.05, 0) is 25.1 Å². The monoisotopic (exact) mass is 395 g/mol. The van der Waals surface area contributed by atoms with Gasteiger partial charge in [-0.2, -0.15) is 0 Å². The number of esters is 1. The lowest BCUT2D eigenvalue weighted by Gasteiger charge is -2.14. The maximum absolute atomic E-state index is 12.0. The third-order valence-electron chi connectivity index (χ3n) is 3.16. The van der Waals surface area contributed by atoms with Crippen LogP contribution >= 0.6 is 23.2 Å². The molecule has 0 aliphatic heterocycles. The summed E-state index contributed by atoms with van der Waals surface area (Å²) in [7, 11) is 0. The molecule has 2 amide bonds. The first kappa shape index (κ1) is 19.7. The van der Waals surface area contributed by atoms with E-state index < -0.39 is 23.9 Å². The summed E-state index contributed by atoms with van der Waals surface area (Å²) in [5.74, 6) is -1.70. The fourth-order valence-electron chi connectivity index (χ4n) is 1.86. The van der Waals surface area contributed by atoms with Crippen LogP contribution in [0.4, 0.5) is 5.82 Å². The largest absolute Gasteiger partial charge is 0.451 e. The Bertz CT molecular complexity index is 815. The first-order chi connectivity index (χ1) is 12.4. The van der Waals surface area contributed by atoms with Gasteiger partial charge in [-0.1, -0.05) is 41.4 Å². The van der Waals surface area contributed by atoms with Crippen LogP contribution in [0, 0.1) is 0 Å². The van der Waals surface area contributed by atoms with Gasteiger partial charge in [0.2, 0.25) is 0 Å². The minimum atomic E-state index is -1.11. The lowest BCUT2D eigenvalue weighted by atomic mass is 10.2. The van der Waals surface area contributed by atoms with Crippen molar-refractivity contribution in [3.63, 3.8) is 0 Å². The molecule has 0 fully saturated rings. The molecule has 0 saturated carbocycles. The van der Waals surface area contributed by atoms with E-state index in [-0.39, 0.29) is 17.4 Å². The zero-order valence-electron chi connectivity index (χ0n) is 13.7. The Balaban J connectivity index is 1.82. The molecule has 0 aliphatic rings. The molecule has 0 spiro atoms. The highest BCUT2D eigenvalue weighted by Gasteiger charge is 2.20. The molecule has 136 valence electrons. The molecule has 0 bridgehead atoms. The molecule has 1 aromatic heterocycles. The van der Waals surface area contributed by atoms with E-state index in [4.69, 9.17) is 27.9 Å². The number of amides is 2. The summed E-state index contributed by atoms with van der Waals surface area (Å²) in [6.07, 6.45) is 0.212. The van der Waals surface area contributed by atoms with Gasteiger partial charge in [0.05, 0.1) is 10.0 Å². The minimum absolute atomic E-state index is 0.0985. The number of halogens is 2. The van der Waals surface area contributed by atoms with Gasteiger partial charge in [-0.15, -0.1) is 0 Å². The molecule has 9 heteroatoms. The molecule has 0 saturated heterocycles. The summed E-state index contributed by atoms with van der Waals surface area (Å²) < 4.78 is 4.97. The molecule has 1 heterocycles. The molecular weight excluding hydrogens is 381 g/mol. The van der Waals surface area contributed by atoms with Crippen molar-refractivity contribution in [1.29, 1.82) is 0 Å². The Morgan fingerprint density at radius 1 is 1.19 bits per heavy atom. The number of nitrogens with zero attached hydrogens (tertiary/aromatic N) is 1. The number of ether oxygens (including phenoxy) is 1. The Morgan fingerprint density at radius 2 is 1.88 bits per heavy atom. The van der Waals surface area contributed by atoms with Crippen LogP contribution in [0.1, 0.15) is 17.3 Å². The average molecular weight is 396 g/mol. The van der Waals surface area contributed by atoms with Crippen molar-refractivity contribution in [3.8, 4) is 0 Å². The standard InChI is InChI=1S/C17H15Cl2N3O4/c1-10(16(24)22-15-13(19)7-12(18)8-20-15)26-14(23)9-21-17(25)11-5-3-2-4-6-11/h2-8,10H,9H2,1H3,(H,21,25)(H,20,22,24)/t10-/m0/s1. The first-order valence-electron chi connectivity index (χ1n) is 7.51. The fourth-order valence-corrected chi connectivity index (χ4v) is 2.29. The minimum Gasteiger partial charge on any atom is -0.451 e. The van der Waals surface area contributed by atoms with Gasteiger partial charge >= 0.3 is 5.97 Å². The van der Waals surface area contributed by atoms with Crippen LogP contribution in [0.25, 0.3) is 0 Å². The predicted molar refractivity (Wildman–Crippen MR) is 97.2 cm³/mol. The Labute approximate surface area is 159 Å². The predicted octanol–water partition coefficient (Wildman–Crippen LogP) is 2.69. The van der Waals surface area contributed by atoms with E-state index in [1.807, 2.05) is 0 Å². The average Bonchev–Trinajstić information content (AvgIpc) is 2.62. The summed E-state index contributed by atoms with van der Waals surface area (Å²) in [6, 6.07) is 9.82. The van der Waals surface area contributed by atoms with Gasteiger partial charge in [-0.25, -0.2) is 4.98 Å². The third-order valence-corrected chi connectivity index (χ3v) is 3.65. The van der Waals surface area contributed by atoms with Gasteiger partial charge in [0.25, 0.3) is 11.8 Å². The first-order valence-corrected chi connectivity index (χ1v) is 8.27. The SMILES string of the molecule is C[C@H](OC(=O)CNC(=O)c1ccccc1)C(=O)Nc1ncc(Cl)cc1Cl. The molecule has 26 heavy (non-hydrogen) atoms. The zero-order chi connectivity index (χ0) is 19.1. The second kappa shape index (κ2) is 9.17. The molecule has 2 aromatic rings. The Morgan fingerprint density at radius 3 is 2.54 bits per heavy atom. The summed E-state index contributed by atoms with van der Waals surface area (Å²) in [5.41, 5.74) is 0.412. The van der Waals surface area contributed by atoms with Gasteiger partial charge < -0.3 is 15.4 Å². The van der Waals surface area contributed by atoms with E-state index >= 15 is 0 Å². The summed E-state index contributed by atoms with van der Waals surface area (Å²) >= 11 is 11.6. The Kier molecular flexibility index (Phi) is 6.94. The molecule has 0 radical (unpaired) electrons. The fraction of sp³-hybridized carbons (Fsp3) is 0.176. The molecule has 0 unspecified atom stereocenters. The van der Waals surface area contributed by atoms with Gasteiger partial charge in [0.1, 0.15) is 6.54 Å². The van der Waals surface area contributed by atoms with E-state index in [0.717, 1.165) is 0 Å². The van der Waals surface area contributed by atoms with Crippen molar-refractivity contribution in [2.45, 2.75) is 13.0 Å². The van der Waals surface area contributed by atoms with E-state index in [1.165, 1.54) is 19.2 Å². The van der Waals surface area contributed by atoms with Crippen molar-refractivity contribution in [1.82, 2.24) is 10.3 Å². The normalized spacial score (nSPS) is 11.3. The van der Waals surface area contributed by atoms with E-state index in [2.05, 4.69) is 15.6 Å². The van der Waals surface area contributed by atoms with Crippen LogP contribution in [-0.2, 0) is 14.3 Å². The molecule has 7 nitrogen and oxygen atoms in total. The number of anilines is 1. The van der Waals surface area contributed by atoms with Crippen LogP contribution in [0.5, 0.6) is 0 Å². The van der Waals surface area contributed by atoms with Crippen molar-refractivity contribution in [2.75, 3.05) is 11.9 Å². The number of benzene rings is 1. The number of carbonyl (C=O) groups is 3. The number of hydrogen-bond donors (Lipinski definition) is 2. The van der Waals surface area contributed by atoms with Gasteiger partial charge in [0.15, 0.2) is 11.9 Å². The number of aromatic nitrogens is 1. The number of rotatable bonds is 6. The molecule has 0 aliphatic carbocycles. The van der Waals surface area contributed by atoms with Crippen LogP contribution in [0.15, 0.2) is 42.6 Å². The summed E-state index contributed by atoms with van der Waals surface area (Å²) in [4.78, 5) is 39.5. The maximum atomic E-state index is 12.0. The van der Waals surface area contributed by atoms with Crippen molar-refractivity contribution in [2.24, 2.45) is 0 Å². The highest BCUT2D eigenvalue weighted by molar-refractivity contribution is 6.36. The van der Waals surface area contributed by atoms with E-state index in [1.54, 1.807) is 30.3 Å². The lowest BCUT2D eigenvalue weighted by Crippen LogP contribution is -2.36. The highest BCUT2D eigenvalue weighted by Crippen LogP contribution is 2.22.